The van der Waals surface area contributed by atoms with E-state index in [1.54, 1.807) is 24.3 Å². The third-order valence-electron chi connectivity index (χ3n) is 15.4. The molecule has 2 fully saturated rings. The molecule has 0 spiro atoms. The van der Waals surface area contributed by atoms with E-state index < -0.39 is 13.7 Å². The number of hydrogen-bond acceptors (Lipinski definition) is 8. The van der Waals surface area contributed by atoms with Crippen LogP contribution < -0.4 is 0 Å². The van der Waals surface area contributed by atoms with Gasteiger partial charge in [-0.2, -0.15) is 0 Å². The molecule has 2 saturated carbocycles. The zero-order valence-corrected chi connectivity index (χ0v) is 43.9. The Kier molecular flexibility index (Phi) is 14.7. The molecule has 6 heterocycles. The minimum Gasteiger partial charge on any atom is -0.512 e. The van der Waals surface area contributed by atoms with E-state index in [1.807, 2.05) is 78.2 Å². The first-order valence-electron chi connectivity index (χ1n) is 28.1. The Bertz CT molecular complexity index is 3120. The first-order chi connectivity index (χ1) is 35.8. The van der Waals surface area contributed by atoms with Gasteiger partial charge in [0.05, 0.1) is 11.2 Å². The van der Waals surface area contributed by atoms with Gasteiger partial charge in [-0.3, -0.25) is 4.79 Å². The van der Waals surface area contributed by atoms with Gasteiger partial charge in [-0.05, 0) is 112 Å². The van der Waals surface area contributed by atoms with Crippen LogP contribution in [0, 0.1) is 48.5 Å². The molecule has 2 aliphatic carbocycles. The summed E-state index contributed by atoms with van der Waals surface area (Å²) < 4.78 is 57.6. The minimum atomic E-state index is -2.27. The second-order valence-corrected chi connectivity index (χ2v) is 19.7. The molecule has 369 valence electrons. The Labute approximate surface area is 437 Å². The molecule has 2 aromatic carbocycles. The summed E-state index contributed by atoms with van der Waals surface area (Å²) in [7, 11) is 0. The molecule has 10 rings (SSSR count). The first kappa shape index (κ1) is 44.4. The third kappa shape index (κ3) is 11.6. The van der Waals surface area contributed by atoms with Gasteiger partial charge in [-0.1, -0.05) is 138 Å². The Hall–Kier alpha value is -5.50. The van der Waals surface area contributed by atoms with Crippen LogP contribution in [0.15, 0.2) is 106 Å². The first-order valence-corrected chi connectivity index (χ1v) is 25.1. The normalized spacial score (nSPS) is 16.3. The number of benzene rings is 2. The molecule has 0 amide bonds. The number of rotatable bonds is 13. The van der Waals surface area contributed by atoms with E-state index in [-0.39, 0.29) is 53.9 Å². The maximum absolute atomic E-state index is 12.2. The number of carbonyl (C=O) groups is 1. The number of allylic oxidation sites excluding steroid dienone is 2. The molecule has 0 aliphatic heterocycles. The van der Waals surface area contributed by atoms with Crippen molar-refractivity contribution in [1.29, 1.82) is 0 Å². The Morgan fingerprint density at radius 2 is 1.09 bits per heavy atom. The summed E-state index contributed by atoms with van der Waals surface area (Å²) in [5, 5.41) is 13.5. The predicted molar refractivity (Wildman–Crippen MR) is 281 cm³/mol. The van der Waals surface area contributed by atoms with Crippen molar-refractivity contribution in [2.45, 2.75) is 145 Å². The monoisotopic (exact) mass is 1120 g/mol. The van der Waals surface area contributed by atoms with Crippen LogP contribution in [0.4, 0.5) is 0 Å². The summed E-state index contributed by atoms with van der Waals surface area (Å²) >= 11 is 0. The van der Waals surface area contributed by atoms with Crippen molar-refractivity contribution in [2.24, 2.45) is 22.7 Å². The van der Waals surface area contributed by atoms with Gasteiger partial charge in [0.15, 0.2) is 5.78 Å². The summed E-state index contributed by atoms with van der Waals surface area (Å²) in [6.45, 7) is 7.55. The average Bonchev–Trinajstić information content (AvgIpc) is 4.25. The Morgan fingerprint density at radius 3 is 1.49 bits per heavy atom. The van der Waals surface area contributed by atoms with E-state index in [1.165, 1.54) is 68.6 Å². The van der Waals surface area contributed by atoms with Crippen LogP contribution >= 0.6 is 0 Å². The largest absolute Gasteiger partial charge is 0.512 e. The number of furan rings is 2. The number of aryl methyl sites for hydroxylation is 2. The SMILES string of the molecule is CCC(C)(CC)C(=O)/C=C(\O)C(C)(CC)CC.[2H]C([2H])([2H])c1ccc2c(n1)oc1c(-c3cc(CC4CCCC4)ccn3)[c-]ccc12.[2H]C([2H])([2H])c1ccc2c(n1)oc1c(-c3cc(CC4CCCC4)ccn3)[c-]ccc12.[Ir]. The summed E-state index contributed by atoms with van der Waals surface area (Å²) in [5.41, 5.74) is 7.18. The fraction of sp³-hybridized carbons (Fsp3) is 0.426. The molecule has 2 aliphatic rings. The van der Waals surface area contributed by atoms with Crippen molar-refractivity contribution >= 4 is 49.9 Å². The van der Waals surface area contributed by atoms with Crippen molar-refractivity contribution in [3.63, 3.8) is 0 Å². The molecule has 0 atom stereocenters. The quantitative estimate of drug-likeness (QED) is 0.0690. The van der Waals surface area contributed by atoms with Gasteiger partial charge >= 0.3 is 0 Å². The zero-order chi connectivity index (χ0) is 53.7. The van der Waals surface area contributed by atoms with E-state index >= 15 is 0 Å². The maximum atomic E-state index is 12.2. The van der Waals surface area contributed by atoms with E-state index in [2.05, 4.69) is 56.3 Å². The van der Waals surface area contributed by atoms with E-state index in [9.17, 15) is 9.90 Å². The van der Waals surface area contributed by atoms with Crippen molar-refractivity contribution in [3.05, 3.63) is 132 Å². The molecule has 0 saturated heterocycles. The fourth-order valence-electron chi connectivity index (χ4n) is 9.88. The molecular formula is C61H70IrN4O4-2. The molecule has 1 radical (unpaired) electrons. The number of nitrogens with zero attached hydrogens (tertiary/aromatic N) is 4. The zero-order valence-electron chi connectivity index (χ0n) is 47.5. The summed E-state index contributed by atoms with van der Waals surface area (Å²) in [4.78, 5) is 29.8. The van der Waals surface area contributed by atoms with Gasteiger partial charge in [0.2, 0.25) is 11.4 Å². The van der Waals surface area contributed by atoms with Crippen LogP contribution in [0.1, 0.15) is 149 Å². The van der Waals surface area contributed by atoms with Crippen LogP contribution in [-0.2, 0) is 37.7 Å². The van der Waals surface area contributed by atoms with Gasteiger partial charge in [-0.15, -0.1) is 36.4 Å². The summed E-state index contributed by atoms with van der Waals surface area (Å²) in [6.07, 6.45) is 21.2. The average molecular weight is 1120 g/mol. The minimum absolute atomic E-state index is 0. The molecule has 0 unspecified atom stereocenters. The van der Waals surface area contributed by atoms with Crippen LogP contribution in [0.3, 0.4) is 0 Å². The summed E-state index contributed by atoms with van der Waals surface area (Å²) in [5.74, 6) is 1.81. The second-order valence-electron chi connectivity index (χ2n) is 19.7. The standard InChI is InChI=1S/2C23H21N2O.C15H28O2.Ir/c2*1-15-9-10-19-18-7-4-8-20(22(18)26-23(19)25-15)21-14-17(11-12-24-21)13-16-5-2-3-6-16;1-7-14(5,8-2)12(16)11-13(17)15(6,9-3)10-4;/h2*4,7,9-12,14,16H,2-3,5-6,13H2,1H3;11,16H,7-10H2,1-6H3;/q2*-1;;/b;;12-11-;/i2*1D3;;. The predicted octanol–water partition coefficient (Wildman–Crippen LogP) is 16.4. The third-order valence-corrected chi connectivity index (χ3v) is 15.4. The fourth-order valence-corrected chi connectivity index (χ4v) is 9.88. The number of pyridine rings is 4. The maximum Gasteiger partial charge on any atom is 0.216 e. The number of hydrogen-bond donors (Lipinski definition) is 1. The van der Waals surface area contributed by atoms with Crippen molar-refractivity contribution in [3.8, 4) is 22.5 Å². The second kappa shape index (κ2) is 23.2. The number of ketones is 1. The molecular weight excluding hydrogens is 1040 g/mol. The van der Waals surface area contributed by atoms with Crippen LogP contribution in [0.25, 0.3) is 66.7 Å². The molecule has 8 aromatic rings. The molecule has 1 N–H and O–H groups in total. The van der Waals surface area contributed by atoms with E-state index in [0.29, 0.717) is 22.6 Å². The van der Waals surface area contributed by atoms with Gasteiger partial charge in [0.1, 0.15) is 5.76 Å². The van der Waals surface area contributed by atoms with E-state index in [0.717, 1.165) is 94.4 Å². The van der Waals surface area contributed by atoms with E-state index in [4.69, 9.17) is 17.1 Å². The Balaban J connectivity index is 0.000000172. The smallest absolute Gasteiger partial charge is 0.216 e. The van der Waals surface area contributed by atoms with Crippen molar-refractivity contribution < 1.29 is 47.1 Å². The van der Waals surface area contributed by atoms with Gasteiger partial charge < -0.3 is 23.9 Å². The van der Waals surface area contributed by atoms with Crippen LogP contribution in [0.5, 0.6) is 0 Å². The number of aliphatic hydroxyl groups is 1. The van der Waals surface area contributed by atoms with Crippen molar-refractivity contribution in [2.75, 3.05) is 0 Å². The topological polar surface area (TPSA) is 115 Å². The van der Waals surface area contributed by atoms with Crippen LogP contribution in [0.2, 0.25) is 0 Å². The number of aromatic nitrogens is 4. The van der Waals surface area contributed by atoms with Gasteiger partial charge in [-0.25, -0.2) is 9.97 Å². The molecule has 0 bridgehead atoms. The molecule has 70 heavy (non-hydrogen) atoms. The molecule has 8 nitrogen and oxygen atoms in total. The Morgan fingerprint density at radius 1 is 0.657 bits per heavy atom. The molecule has 9 heteroatoms. The number of carbonyl (C=O) groups excluding carboxylic acids is 1. The van der Waals surface area contributed by atoms with Gasteiger partial charge in [0, 0.05) is 79.8 Å². The number of aliphatic hydroxyl groups excluding tert-OH is 1. The molecule has 6 aromatic heterocycles. The van der Waals surface area contributed by atoms with Crippen LogP contribution in [-0.4, -0.2) is 30.8 Å². The number of fused-ring (bicyclic) bond motifs is 6. The summed E-state index contributed by atoms with van der Waals surface area (Å²) in [6, 6.07) is 29.1. The van der Waals surface area contributed by atoms with Crippen molar-refractivity contribution in [1.82, 2.24) is 19.9 Å². The van der Waals surface area contributed by atoms with Gasteiger partial charge in [0.25, 0.3) is 0 Å².